The van der Waals surface area contributed by atoms with Crippen molar-refractivity contribution in [2.45, 2.75) is 6.92 Å². The lowest BCUT2D eigenvalue weighted by atomic mass is 10.2. The number of piperazine rings is 1. The summed E-state index contributed by atoms with van der Waals surface area (Å²) in [5, 5.41) is 3.36. The molecule has 3 heterocycles. The summed E-state index contributed by atoms with van der Waals surface area (Å²) in [7, 11) is 1.66. The lowest BCUT2D eigenvalue weighted by Crippen LogP contribution is -2.47. The predicted molar refractivity (Wildman–Crippen MR) is 112 cm³/mol. The van der Waals surface area contributed by atoms with Gasteiger partial charge >= 0.3 is 0 Å². The van der Waals surface area contributed by atoms with Crippen molar-refractivity contribution in [1.82, 2.24) is 15.0 Å². The average Bonchev–Trinajstić information content (AvgIpc) is 2.74. The van der Waals surface area contributed by atoms with Crippen LogP contribution in [0.1, 0.15) is 5.82 Å². The molecule has 0 unspecified atom stereocenters. The number of anilines is 4. The second kappa shape index (κ2) is 8.12. The molecular formula is C21H24N6O. The fraction of sp³-hybridized carbons (Fsp3) is 0.286. The van der Waals surface area contributed by atoms with E-state index >= 15 is 0 Å². The number of nitrogens with one attached hydrogen (secondary N) is 1. The number of nitrogens with zero attached hydrogens (tertiary/aromatic N) is 5. The topological polar surface area (TPSA) is 66.4 Å². The standard InChI is InChI=1S/C21H24N6O/c1-16-23-19(25-17-7-3-4-8-18(17)28-2)15-21(24-16)27-13-11-26(12-14-27)20-9-5-6-10-22-20/h3-10,15H,11-14H2,1-2H3,(H,23,24,25). The van der Waals surface area contributed by atoms with E-state index in [2.05, 4.69) is 36.1 Å². The quantitative estimate of drug-likeness (QED) is 0.733. The molecule has 0 bridgehead atoms. The predicted octanol–water partition coefficient (Wildman–Crippen LogP) is 3.26. The van der Waals surface area contributed by atoms with Crippen LogP contribution in [-0.4, -0.2) is 48.2 Å². The van der Waals surface area contributed by atoms with Gasteiger partial charge in [-0.15, -0.1) is 0 Å². The van der Waals surface area contributed by atoms with Crippen LogP contribution < -0.4 is 19.9 Å². The second-order valence-corrected chi connectivity index (χ2v) is 6.65. The van der Waals surface area contributed by atoms with Crippen LogP contribution in [0.25, 0.3) is 0 Å². The molecule has 1 aliphatic heterocycles. The highest BCUT2D eigenvalue weighted by atomic mass is 16.5. The van der Waals surface area contributed by atoms with Gasteiger partial charge in [0.1, 0.15) is 29.0 Å². The van der Waals surface area contributed by atoms with Gasteiger partial charge in [-0.25, -0.2) is 15.0 Å². The maximum atomic E-state index is 5.42. The Kier molecular flexibility index (Phi) is 5.23. The molecule has 0 spiro atoms. The molecule has 3 aromatic rings. The molecule has 1 fully saturated rings. The van der Waals surface area contributed by atoms with E-state index in [1.165, 1.54) is 0 Å². The number of ether oxygens (including phenoxy) is 1. The first-order valence-corrected chi connectivity index (χ1v) is 9.39. The number of pyridine rings is 1. The maximum absolute atomic E-state index is 5.42. The summed E-state index contributed by atoms with van der Waals surface area (Å²) in [5.74, 6) is 4.25. The van der Waals surface area contributed by atoms with Crippen LogP contribution in [0.5, 0.6) is 5.75 Å². The van der Waals surface area contributed by atoms with Gasteiger partial charge in [0.25, 0.3) is 0 Å². The highest BCUT2D eigenvalue weighted by Crippen LogP contribution is 2.28. The Hall–Kier alpha value is -3.35. The van der Waals surface area contributed by atoms with Crippen molar-refractivity contribution in [1.29, 1.82) is 0 Å². The van der Waals surface area contributed by atoms with Gasteiger partial charge in [0.05, 0.1) is 12.8 Å². The summed E-state index contributed by atoms with van der Waals surface area (Å²) in [4.78, 5) is 18.2. The van der Waals surface area contributed by atoms with E-state index in [0.29, 0.717) is 0 Å². The summed E-state index contributed by atoms with van der Waals surface area (Å²) in [6.07, 6.45) is 1.84. The van der Waals surface area contributed by atoms with E-state index < -0.39 is 0 Å². The highest BCUT2D eigenvalue weighted by Gasteiger charge is 2.20. The molecule has 1 aromatic carbocycles. The van der Waals surface area contributed by atoms with Gasteiger partial charge in [-0.3, -0.25) is 0 Å². The molecule has 144 valence electrons. The first-order chi connectivity index (χ1) is 13.7. The minimum absolute atomic E-state index is 0.738. The summed E-state index contributed by atoms with van der Waals surface area (Å²) in [6.45, 7) is 5.52. The van der Waals surface area contributed by atoms with Gasteiger partial charge in [0.2, 0.25) is 0 Å². The fourth-order valence-electron chi connectivity index (χ4n) is 3.37. The van der Waals surface area contributed by atoms with Gasteiger partial charge in [0, 0.05) is 38.4 Å². The molecule has 0 saturated carbocycles. The van der Waals surface area contributed by atoms with E-state index in [4.69, 9.17) is 4.74 Å². The van der Waals surface area contributed by atoms with Crippen molar-refractivity contribution < 1.29 is 4.74 Å². The number of para-hydroxylation sites is 2. The Morgan fingerprint density at radius 3 is 2.32 bits per heavy atom. The number of benzene rings is 1. The molecule has 0 radical (unpaired) electrons. The monoisotopic (exact) mass is 376 g/mol. The van der Waals surface area contributed by atoms with Crippen LogP contribution in [0.4, 0.5) is 23.1 Å². The highest BCUT2D eigenvalue weighted by molar-refractivity contribution is 5.66. The minimum atomic E-state index is 0.738. The molecule has 0 aliphatic carbocycles. The van der Waals surface area contributed by atoms with E-state index in [1.807, 2.05) is 55.6 Å². The second-order valence-electron chi connectivity index (χ2n) is 6.65. The van der Waals surface area contributed by atoms with Crippen LogP contribution in [0.2, 0.25) is 0 Å². The first-order valence-electron chi connectivity index (χ1n) is 9.39. The summed E-state index contributed by atoms with van der Waals surface area (Å²) in [6, 6.07) is 15.8. The molecule has 7 heteroatoms. The van der Waals surface area contributed by atoms with Gasteiger partial charge < -0.3 is 19.9 Å². The van der Waals surface area contributed by atoms with Crippen molar-refractivity contribution in [2.24, 2.45) is 0 Å². The van der Waals surface area contributed by atoms with Crippen LogP contribution in [0.15, 0.2) is 54.7 Å². The van der Waals surface area contributed by atoms with Crippen molar-refractivity contribution in [2.75, 3.05) is 48.4 Å². The average molecular weight is 376 g/mol. The minimum Gasteiger partial charge on any atom is -0.495 e. The van der Waals surface area contributed by atoms with Crippen molar-refractivity contribution in [3.63, 3.8) is 0 Å². The lowest BCUT2D eigenvalue weighted by Gasteiger charge is -2.36. The molecule has 28 heavy (non-hydrogen) atoms. The van der Waals surface area contributed by atoms with Crippen molar-refractivity contribution in [3.05, 3.63) is 60.6 Å². The number of hydrogen-bond donors (Lipinski definition) is 1. The van der Waals surface area contributed by atoms with Crippen molar-refractivity contribution in [3.8, 4) is 5.75 Å². The third-order valence-electron chi connectivity index (χ3n) is 4.77. The summed E-state index contributed by atoms with van der Waals surface area (Å²) < 4.78 is 5.42. The first kappa shape index (κ1) is 18.0. The zero-order chi connectivity index (χ0) is 19.3. The Labute approximate surface area is 165 Å². The lowest BCUT2D eigenvalue weighted by molar-refractivity contribution is 0.417. The van der Waals surface area contributed by atoms with Crippen LogP contribution in [0, 0.1) is 6.92 Å². The maximum Gasteiger partial charge on any atom is 0.142 e. The van der Waals surface area contributed by atoms with E-state index in [-0.39, 0.29) is 0 Å². The van der Waals surface area contributed by atoms with Gasteiger partial charge in [-0.05, 0) is 31.2 Å². The summed E-state index contributed by atoms with van der Waals surface area (Å²) >= 11 is 0. The van der Waals surface area contributed by atoms with Gasteiger partial charge in [-0.1, -0.05) is 18.2 Å². The number of rotatable bonds is 5. The molecule has 2 aromatic heterocycles. The van der Waals surface area contributed by atoms with E-state index in [0.717, 1.165) is 60.9 Å². The molecule has 1 aliphatic rings. The van der Waals surface area contributed by atoms with Crippen LogP contribution in [0.3, 0.4) is 0 Å². The molecule has 0 amide bonds. The molecule has 1 saturated heterocycles. The third-order valence-corrected chi connectivity index (χ3v) is 4.77. The number of methoxy groups -OCH3 is 1. The molecule has 7 nitrogen and oxygen atoms in total. The Morgan fingerprint density at radius 1 is 0.893 bits per heavy atom. The largest absolute Gasteiger partial charge is 0.495 e. The van der Waals surface area contributed by atoms with Gasteiger partial charge in [-0.2, -0.15) is 0 Å². The smallest absolute Gasteiger partial charge is 0.142 e. The van der Waals surface area contributed by atoms with Crippen LogP contribution >= 0.6 is 0 Å². The van der Waals surface area contributed by atoms with E-state index in [1.54, 1.807) is 7.11 Å². The third kappa shape index (κ3) is 3.98. The molecule has 0 atom stereocenters. The van der Waals surface area contributed by atoms with Gasteiger partial charge in [0.15, 0.2) is 0 Å². The Balaban J connectivity index is 1.49. The summed E-state index contributed by atoms with van der Waals surface area (Å²) in [5.41, 5.74) is 0.883. The Bertz CT molecular complexity index is 925. The zero-order valence-corrected chi connectivity index (χ0v) is 16.2. The normalized spacial score (nSPS) is 14.1. The number of aryl methyl sites for hydroxylation is 1. The van der Waals surface area contributed by atoms with E-state index in [9.17, 15) is 0 Å². The molecule has 4 rings (SSSR count). The Morgan fingerprint density at radius 2 is 1.61 bits per heavy atom. The van der Waals surface area contributed by atoms with Crippen LogP contribution in [-0.2, 0) is 0 Å². The molecule has 1 N–H and O–H groups in total. The number of hydrogen-bond acceptors (Lipinski definition) is 7. The number of aromatic nitrogens is 3. The fourth-order valence-corrected chi connectivity index (χ4v) is 3.37. The van der Waals surface area contributed by atoms with Crippen molar-refractivity contribution >= 4 is 23.1 Å². The zero-order valence-electron chi connectivity index (χ0n) is 16.2. The SMILES string of the molecule is COc1ccccc1Nc1cc(N2CCN(c3ccccn3)CC2)nc(C)n1. The molecular weight excluding hydrogens is 352 g/mol.